The van der Waals surface area contributed by atoms with Crippen molar-refractivity contribution in [3.05, 3.63) is 24.0 Å². The standard InChI is InChI=1S/C13H17N3O2S/c1-10-4-2-3-5-13(10)16-19(17,18)12-7-6-11(8-14)15-9-12/h6-7,9-10,13,16H,2-5H2,1H3. The lowest BCUT2D eigenvalue weighted by molar-refractivity contribution is 0.310. The average molecular weight is 279 g/mol. The van der Waals surface area contributed by atoms with Crippen molar-refractivity contribution in [1.29, 1.82) is 5.26 Å². The van der Waals surface area contributed by atoms with E-state index in [1.165, 1.54) is 18.3 Å². The van der Waals surface area contributed by atoms with E-state index in [2.05, 4.69) is 16.6 Å². The summed E-state index contributed by atoms with van der Waals surface area (Å²) in [6, 6.07) is 4.70. The molecule has 1 aliphatic carbocycles. The van der Waals surface area contributed by atoms with Crippen LogP contribution in [0, 0.1) is 17.2 Å². The van der Waals surface area contributed by atoms with Gasteiger partial charge >= 0.3 is 0 Å². The second-order valence-corrected chi connectivity index (χ2v) is 6.69. The summed E-state index contributed by atoms with van der Waals surface area (Å²) < 4.78 is 27.2. The molecule has 102 valence electrons. The molecule has 1 aliphatic rings. The molecule has 1 aromatic rings. The number of nitrogens with one attached hydrogen (secondary N) is 1. The van der Waals surface area contributed by atoms with Gasteiger partial charge in [-0.05, 0) is 30.9 Å². The maximum Gasteiger partial charge on any atom is 0.242 e. The number of aromatic nitrogens is 1. The van der Waals surface area contributed by atoms with E-state index in [0.29, 0.717) is 5.92 Å². The Balaban J connectivity index is 2.15. The third-order valence-corrected chi connectivity index (χ3v) is 5.05. The predicted octanol–water partition coefficient (Wildman–Crippen LogP) is 1.81. The van der Waals surface area contributed by atoms with Crippen molar-refractivity contribution in [2.24, 2.45) is 5.92 Å². The zero-order chi connectivity index (χ0) is 13.9. The molecule has 2 rings (SSSR count). The predicted molar refractivity (Wildman–Crippen MR) is 70.7 cm³/mol. The van der Waals surface area contributed by atoms with Gasteiger partial charge in [0.1, 0.15) is 16.7 Å². The van der Waals surface area contributed by atoms with Crippen LogP contribution in [0.25, 0.3) is 0 Å². The molecule has 1 N–H and O–H groups in total. The van der Waals surface area contributed by atoms with Crippen LogP contribution in [-0.2, 0) is 10.0 Å². The molecule has 1 fully saturated rings. The number of rotatable bonds is 3. The highest BCUT2D eigenvalue weighted by Gasteiger charge is 2.26. The second kappa shape index (κ2) is 5.68. The third-order valence-electron chi connectivity index (χ3n) is 3.58. The van der Waals surface area contributed by atoms with E-state index in [0.717, 1.165) is 25.7 Å². The van der Waals surface area contributed by atoms with Crippen molar-refractivity contribution < 1.29 is 8.42 Å². The highest BCUT2D eigenvalue weighted by molar-refractivity contribution is 7.89. The van der Waals surface area contributed by atoms with Crippen LogP contribution in [0.3, 0.4) is 0 Å². The van der Waals surface area contributed by atoms with Gasteiger partial charge < -0.3 is 0 Å². The van der Waals surface area contributed by atoms with E-state index < -0.39 is 10.0 Å². The molecule has 1 saturated carbocycles. The Kier molecular flexibility index (Phi) is 4.17. The number of sulfonamides is 1. The first-order chi connectivity index (χ1) is 9.03. The Morgan fingerprint density at radius 2 is 2.11 bits per heavy atom. The number of nitriles is 1. The minimum atomic E-state index is -3.54. The van der Waals surface area contributed by atoms with Crippen LogP contribution in [0.15, 0.2) is 23.2 Å². The van der Waals surface area contributed by atoms with Gasteiger partial charge in [-0.1, -0.05) is 19.8 Å². The van der Waals surface area contributed by atoms with Crippen LogP contribution in [-0.4, -0.2) is 19.4 Å². The summed E-state index contributed by atoms with van der Waals surface area (Å²) in [5.41, 5.74) is 0.213. The zero-order valence-corrected chi connectivity index (χ0v) is 11.7. The first-order valence-corrected chi connectivity index (χ1v) is 7.90. The lowest BCUT2D eigenvalue weighted by Gasteiger charge is -2.29. The highest BCUT2D eigenvalue weighted by Crippen LogP contribution is 2.25. The fourth-order valence-electron chi connectivity index (χ4n) is 2.36. The van der Waals surface area contributed by atoms with Crippen LogP contribution in [0.1, 0.15) is 38.3 Å². The van der Waals surface area contributed by atoms with Crippen molar-refractivity contribution in [1.82, 2.24) is 9.71 Å². The lowest BCUT2D eigenvalue weighted by atomic mass is 9.87. The number of pyridine rings is 1. The molecule has 0 amide bonds. The number of nitrogens with zero attached hydrogens (tertiary/aromatic N) is 2. The summed E-state index contributed by atoms with van der Waals surface area (Å²) >= 11 is 0. The monoisotopic (exact) mass is 279 g/mol. The topological polar surface area (TPSA) is 82.9 Å². The van der Waals surface area contributed by atoms with Gasteiger partial charge in [0.25, 0.3) is 0 Å². The minimum Gasteiger partial charge on any atom is -0.244 e. The Morgan fingerprint density at radius 3 is 2.68 bits per heavy atom. The molecule has 2 atom stereocenters. The second-order valence-electron chi connectivity index (χ2n) is 4.98. The Bertz CT molecular complexity index is 575. The van der Waals surface area contributed by atoms with Crippen LogP contribution in [0.2, 0.25) is 0 Å². The fourth-order valence-corrected chi connectivity index (χ4v) is 3.69. The Labute approximate surface area is 113 Å². The number of hydrogen-bond acceptors (Lipinski definition) is 4. The van der Waals surface area contributed by atoms with Crippen molar-refractivity contribution in [2.45, 2.75) is 43.5 Å². The maximum atomic E-state index is 12.2. The molecule has 2 unspecified atom stereocenters. The van der Waals surface area contributed by atoms with Gasteiger partial charge in [-0.25, -0.2) is 18.1 Å². The van der Waals surface area contributed by atoms with Gasteiger partial charge in [-0.2, -0.15) is 5.26 Å². The van der Waals surface area contributed by atoms with E-state index in [-0.39, 0.29) is 16.6 Å². The van der Waals surface area contributed by atoms with Gasteiger partial charge in [-0.15, -0.1) is 0 Å². The molecule has 0 aromatic carbocycles. The molecule has 0 saturated heterocycles. The summed E-state index contributed by atoms with van der Waals surface area (Å²) in [6.45, 7) is 2.07. The van der Waals surface area contributed by atoms with Crippen molar-refractivity contribution in [3.8, 4) is 6.07 Å². The molecule has 6 heteroatoms. The minimum absolute atomic E-state index is 0.00519. The van der Waals surface area contributed by atoms with Crippen LogP contribution < -0.4 is 4.72 Å². The van der Waals surface area contributed by atoms with Crippen molar-refractivity contribution in [3.63, 3.8) is 0 Å². The van der Waals surface area contributed by atoms with Gasteiger partial charge in [0.15, 0.2) is 0 Å². The van der Waals surface area contributed by atoms with E-state index >= 15 is 0 Å². The van der Waals surface area contributed by atoms with E-state index in [1.807, 2.05) is 6.07 Å². The largest absolute Gasteiger partial charge is 0.244 e. The first-order valence-electron chi connectivity index (χ1n) is 6.41. The van der Waals surface area contributed by atoms with Gasteiger partial charge in [-0.3, -0.25) is 0 Å². The molecular weight excluding hydrogens is 262 g/mol. The molecule has 1 heterocycles. The molecule has 19 heavy (non-hydrogen) atoms. The third kappa shape index (κ3) is 3.31. The molecule has 1 aromatic heterocycles. The smallest absolute Gasteiger partial charge is 0.242 e. The molecule has 0 aliphatic heterocycles. The molecule has 5 nitrogen and oxygen atoms in total. The summed E-state index contributed by atoms with van der Waals surface area (Å²) in [6.07, 6.45) is 5.39. The summed E-state index contributed by atoms with van der Waals surface area (Å²) in [5.74, 6) is 0.356. The SMILES string of the molecule is CC1CCCCC1NS(=O)(=O)c1ccc(C#N)nc1. The van der Waals surface area contributed by atoms with Crippen LogP contribution in [0.4, 0.5) is 0 Å². The van der Waals surface area contributed by atoms with Gasteiger partial charge in [0, 0.05) is 12.2 Å². The summed E-state index contributed by atoms with van der Waals surface area (Å²) in [7, 11) is -3.54. The van der Waals surface area contributed by atoms with Crippen molar-refractivity contribution >= 4 is 10.0 Å². The number of hydrogen-bond donors (Lipinski definition) is 1. The summed E-state index contributed by atoms with van der Waals surface area (Å²) in [4.78, 5) is 3.91. The summed E-state index contributed by atoms with van der Waals surface area (Å²) in [5, 5.41) is 8.65. The zero-order valence-electron chi connectivity index (χ0n) is 10.8. The average Bonchev–Trinajstić information content (AvgIpc) is 2.41. The molecular formula is C13H17N3O2S. The fraction of sp³-hybridized carbons (Fsp3) is 0.538. The highest BCUT2D eigenvalue weighted by atomic mass is 32.2. The quantitative estimate of drug-likeness (QED) is 0.914. The van der Waals surface area contributed by atoms with Crippen LogP contribution in [0.5, 0.6) is 0 Å². The molecule has 0 spiro atoms. The van der Waals surface area contributed by atoms with E-state index in [9.17, 15) is 8.42 Å². The van der Waals surface area contributed by atoms with E-state index in [4.69, 9.17) is 5.26 Å². The lowest BCUT2D eigenvalue weighted by Crippen LogP contribution is -2.41. The van der Waals surface area contributed by atoms with E-state index in [1.54, 1.807) is 0 Å². The molecule has 0 radical (unpaired) electrons. The molecule has 0 bridgehead atoms. The Morgan fingerprint density at radius 1 is 1.37 bits per heavy atom. The van der Waals surface area contributed by atoms with Gasteiger partial charge in [0.05, 0.1) is 0 Å². The van der Waals surface area contributed by atoms with Gasteiger partial charge in [0.2, 0.25) is 10.0 Å². The van der Waals surface area contributed by atoms with Crippen LogP contribution >= 0.6 is 0 Å². The maximum absolute atomic E-state index is 12.2. The van der Waals surface area contributed by atoms with Crippen molar-refractivity contribution in [2.75, 3.05) is 0 Å². The Hall–Kier alpha value is -1.45. The first kappa shape index (κ1) is 14.0. The normalized spacial score (nSPS) is 23.8.